The minimum Gasteiger partial charge on any atom is -0.339 e. The molecule has 28 heavy (non-hydrogen) atoms. The largest absolute Gasteiger partial charge is 0.339 e. The SMILES string of the molecule is CC(=O)N1CCN(C(=O)CCc2csc(NC(=O)NC3CCCCC3)n2)CC1. The second-order valence-electron chi connectivity index (χ2n) is 7.46. The zero-order valence-corrected chi connectivity index (χ0v) is 17.2. The van der Waals surface area contributed by atoms with Gasteiger partial charge in [-0.25, -0.2) is 9.78 Å². The zero-order chi connectivity index (χ0) is 19.9. The van der Waals surface area contributed by atoms with Crippen LogP contribution in [-0.2, 0) is 16.0 Å². The zero-order valence-electron chi connectivity index (χ0n) is 16.4. The second-order valence-corrected chi connectivity index (χ2v) is 8.32. The van der Waals surface area contributed by atoms with Gasteiger partial charge in [0.1, 0.15) is 0 Å². The maximum Gasteiger partial charge on any atom is 0.321 e. The minimum absolute atomic E-state index is 0.0575. The van der Waals surface area contributed by atoms with Crippen molar-refractivity contribution < 1.29 is 14.4 Å². The van der Waals surface area contributed by atoms with Gasteiger partial charge in [0.2, 0.25) is 11.8 Å². The topological polar surface area (TPSA) is 94.6 Å². The normalized spacial score (nSPS) is 18.0. The number of amides is 4. The summed E-state index contributed by atoms with van der Waals surface area (Å²) >= 11 is 1.38. The van der Waals surface area contributed by atoms with Crippen molar-refractivity contribution in [2.24, 2.45) is 0 Å². The maximum absolute atomic E-state index is 12.4. The fraction of sp³-hybridized carbons (Fsp3) is 0.684. The average molecular weight is 408 g/mol. The van der Waals surface area contributed by atoms with Crippen LogP contribution < -0.4 is 10.6 Å². The van der Waals surface area contributed by atoms with Gasteiger partial charge in [-0.1, -0.05) is 19.3 Å². The molecule has 4 amide bonds. The van der Waals surface area contributed by atoms with Crippen molar-refractivity contribution in [2.75, 3.05) is 31.5 Å². The average Bonchev–Trinajstić information content (AvgIpc) is 3.14. The number of hydrogen-bond donors (Lipinski definition) is 2. The summed E-state index contributed by atoms with van der Waals surface area (Å²) in [6.07, 6.45) is 6.61. The molecule has 154 valence electrons. The molecule has 2 N–H and O–H groups in total. The van der Waals surface area contributed by atoms with E-state index in [2.05, 4.69) is 15.6 Å². The van der Waals surface area contributed by atoms with Crippen molar-refractivity contribution in [2.45, 2.75) is 57.9 Å². The molecule has 8 nitrogen and oxygen atoms in total. The lowest BCUT2D eigenvalue weighted by atomic mass is 9.96. The molecule has 0 spiro atoms. The number of aromatic nitrogens is 1. The molecule has 1 aliphatic carbocycles. The number of hydrogen-bond acceptors (Lipinski definition) is 5. The molecule has 1 saturated heterocycles. The summed E-state index contributed by atoms with van der Waals surface area (Å²) in [5.74, 6) is 0.142. The predicted molar refractivity (Wildman–Crippen MR) is 108 cm³/mol. The first-order valence-electron chi connectivity index (χ1n) is 10.1. The molecule has 2 aliphatic rings. The van der Waals surface area contributed by atoms with Crippen LogP contribution in [-0.4, -0.2) is 64.9 Å². The van der Waals surface area contributed by atoms with Crippen LogP contribution in [0.15, 0.2) is 5.38 Å². The van der Waals surface area contributed by atoms with Crippen molar-refractivity contribution in [3.05, 3.63) is 11.1 Å². The Balaban J connectivity index is 1.39. The lowest BCUT2D eigenvalue weighted by molar-refractivity contribution is -0.138. The van der Waals surface area contributed by atoms with E-state index in [0.717, 1.165) is 18.5 Å². The number of carbonyl (C=O) groups excluding carboxylic acids is 3. The summed E-state index contributed by atoms with van der Waals surface area (Å²) in [4.78, 5) is 43.8. The summed E-state index contributed by atoms with van der Waals surface area (Å²) in [5, 5.41) is 8.26. The molecule has 0 atom stereocenters. The fourth-order valence-electron chi connectivity index (χ4n) is 3.71. The Morgan fingerprint density at radius 1 is 1.11 bits per heavy atom. The van der Waals surface area contributed by atoms with E-state index in [9.17, 15) is 14.4 Å². The Labute approximate surface area is 169 Å². The number of aryl methyl sites for hydroxylation is 1. The molecule has 0 aromatic carbocycles. The Hall–Kier alpha value is -2.16. The number of nitrogens with one attached hydrogen (secondary N) is 2. The maximum atomic E-state index is 12.4. The van der Waals surface area contributed by atoms with E-state index < -0.39 is 0 Å². The molecule has 0 unspecified atom stereocenters. The Morgan fingerprint density at radius 2 is 1.79 bits per heavy atom. The third-order valence-corrected chi connectivity index (χ3v) is 6.19. The molecule has 9 heteroatoms. The number of thiazole rings is 1. The minimum atomic E-state index is -0.202. The standard InChI is InChI=1S/C19H29N5O3S/c1-14(25)23-9-11-24(12-10-23)17(26)8-7-16-13-28-19(21-16)22-18(27)20-15-5-3-2-4-6-15/h13,15H,2-12H2,1H3,(H2,20,21,22,27). The highest BCUT2D eigenvalue weighted by Gasteiger charge is 2.22. The van der Waals surface area contributed by atoms with Gasteiger partial charge in [0.15, 0.2) is 5.13 Å². The number of nitrogens with zero attached hydrogens (tertiary/aromatic N) is 3. The summed E-state index contributed by atoms with van der Waals surface area (Å²) in [6.45, 7) is 3.93. The molecule has 1 aromatic rings. The molecular formula is C19H29N5O3S. The van der Waals surface area contributed by atoms with Crippen LogP contribution in [0, 0.1) is 0 Å². The molecule has 1 aromatic heterocycles. The molecule has 0 bridgehead atoms. The first-order chi connectivity index (χ1) is 13.5. The van der Waals surface area contributed by atoms with Crippen LogP contribution in [0.4, 0.5) is 9.93 Å². The van der Waals surface area contributed by atoms with Crippen LogP contribution in [0.5, 0.6) is 0 Å². The number of urea groups is 1. The summed E-state index contributed by atoms with van der Waals surface area (Å²) in [5.41, 5.74) is 0.814. The quantitative estimate of drug-likeness (QED) is 0.782. The fourth-order valence-corrected chi connectivity index (χ4v) is 4.45. The van der Waals surface area contributed by atoms with Gasteiger partial charge >= 0.3 is 6.03 Å². The van der Waals surface area contributed by atoms with Crippen molar-refractivity contribution in [1.82, 2.24) is 20.1 Å². The Morgan fingerprint density at radius 3 is 2.46 bits per heavy atom. The summed E-state index contributed by atoms with van der Waals surface area (Å²) < 4.78 is 0. The van der Waals surface area contributed by atoms with Crippen LogP contribution in [0.3, 0.4) is 0 Å². The highest BCUT2D eigenvalue weighted by Crippen LogP contribution is 2.19. The van der Waals surface area contributed by atoms with Gasteiger partial charge < -0.3 is 15.1 Å². The van der Waals surface area contributed by atoms with E-state index in [-0.39, 0.29) is 23.9 Å². The highest BCUT2D eigenvalue weighted by molar-refractivity contribution is 7.13. The van der Waals surface area contributed by atoms with Gasteiger partial charge in [0.05, 0.1) is 5.69 Å². The van der Waals surface area contributed by atoms with Gasteiger partial charge in [-0.05, 0) is 19.3 Å². The van der Waals surface area contributed by atoms with Crippen LogP contribution in [0.1, 0.15) is 51.1 Å². The van der Waals surface area contributed by atoms with Gasteiger partial charge in [0.25, 0.3) is 0 Å². The van der Waals surface area contributed by atoms with Gasteiger partial charge in [-0.2, -0.15) is 0 Å². The smallest absolute Gasteiger partial charge is 0.321 e. The molecule has 3 rings (SSSR count). The predicted octanol–water partition coefficient (Wildman–Crippen LogP) is 2.22. The summed E-state index contributed by atoms with van der Waals surface area (Å²) in [6, 6.07) is 0.0569. The van der Waals surface area contributed by atoms with E-state index in [0.29, 0.717) is 44.2 Å². The van der Waals surface area contributed by atoms with Crippen molar-refractivity contribution in [3.8, 4) is 0 Å². The molecular weight excluding hydrogens is 378 g/mol. The van der Waals surface area contributed by atoms with E-state index in [1.54, 1.807) is 11.8 Å². The lowest BCUT2D eigenvalue weighted by Crippen LogP contribution is -2.50. The van der Waals surface area contributed by atoms with Crippen molar-refractivity contribution in [1.29, 1.82) is 0 Å². The number of anilines is 1. The molecule has 2 fully saturated rings. The van der Waals surface area contributed by atoms with Crippen molar-refractivity contribution in [3.63, 3.8) is 0 Å². The Bertz CT molecular complexity index is 693. The van der Waals surface area contributed by atoms with Gasteiger partial charge in [-0.3, -0.25) is 14.9 Å². The molecule has 2 heterocycles. The van der Waals surface area contributed by atoms with E-state index in [4.69, 9.17) is 0 Å². The molecule has 0 radical (unpaired) electrons. The second kappa shape index (κ2) is 9.86. The first kappa shape index (κ1) is 20.6. The van der Waals surface area contributed by atoms with E-state index >= 15 is 0 Å². The number of rotatable bonds is 5. The lowest BCUT2D eigenvalue weighted by Gasteiger charge is -2.34. The van der Waals surface area contributed by atoms with Crippen LogP contribution >= 0.6 is 11.3 Å². The van der Waals surface area contributed by atoms with Crippen LogP contribution in [0.2, 0.25) is 0 Å². The third kappa shape index (κ3) is 5.92. The van der Waals surface area contributed by atoms with Gasteiger partial charge in [-0.15, -0.1) is 11.3 Å². The van der Waals surface area contributed by atoms with Gasteiger partial charge in [0, 0.05) is 50.9 Å². The third-order valence-electron chi connectivity index (χ3n) is 5.39. The first-order valence-corrected chi connectivity index (χ1v) is 10.9. The van der Waals surface area contributed by atoms with E-state index in [1.165, 1.54) is 30.6 Å². The number of carbonyl (C=O) groups is 3. The number of piperazine rings is 1. The summed E-state index contributed by atoms with van der Waals surface area (Å²) in [7, 11) is 0. The molecule has 1 saturated carbocycles. The molecule has 1 aliphatic heterocycles. The highest BCUT2D eigenvalue weighted by atomic mass is 32.1. The Kier molecular flexibility index (Phi) is 7.24. The monoisotopic (exact) mass is 407 g/mol. The van der Waals surface area contributed by atoms with Crippen molar-refractivity contribution >= 4 is 34.3 Å². The van der Waals surface area contributed by atoms with Crippen LogP contribution in [0.25, 0.3) is 0 Å². The van der Waals surface area contributed by atoms with E-state index in [1.807, 2.05) is 10.3 Å².